The van der Waals surface area contributed by atoms with Gasteiger partial charge in [-0.1, -0.05) is 0 Å². The lowest BCUT2D eigenvalue weighted by atomic mass is 9.76. The average molecular weight is 355 g/mol. The van der Waals surface area contributed by atoms with E-state index in [2.05, 4.69) is 18.0 Å². The quantitative estimate of drug-likeness (QED) is 0.894. The van der Waals surface area contributed by atoms with Crippen LogP contribution in [0.15, 0.2) is 12.1 Å². The Morgan fingerprint density at radius 3 is 2.81 bits per heavy atom. The Morgan fingerprint density at radius 2 is 2.04 bits per heavy atom. The Balaban J connectivity index is 1.87. The third-order valence-electron chi connectivity index (χ3n) is 5.80. The molecule has 136 valence electrons. The van der Waals surface area contributed by atoms with E-state index in [0.717, 1.165) is 47.6 Å². The lowest BCUT2D eigenvalue weighted by Crippen LogP contribution is -2.35. The molecule has 0 radical (unpaired) electrons. The van der Waals surface area contributed by atoms with Crippen LogP contribution in [-0.2, 0) is 12.8 Å². The summed E-state index contributed by atoms with van der Waals surface area (Å²) >= 11 is 0. The second-order valence-electron chi connectivity index (χ2n) is 7.00. The minimum Gasteiger partial charge on any atom is -0.504 e. The molecule has 2 aromatic carbocycles. The van der Waals surface area contributed by atoms with Crippen molar-refractivity contribution < 1.29 is 24.1 Å². The molecule has 0 bridgehead atoms. The van der Waals surface area contributed by atoms with E-state index in [9.17, 15) is 5.11 Å². The Hall–Kier alpha value is -2.60. The van der Waals surface area contributed by atoms with Crippen LogP contribution in [0, 0.1) is 0 Å². The zero-order valence-corrected chi connectivity index (χ0v) is 15.1. The van der Waals surface area contributed by atoms with Crippen molar-refractivity contribution >= 4 is 0 Å². The van der Waals surface area contributed by atoms with Crippen molar-refractivity contribution in [3.8, 4) is 39.9 Å². The molecular formula is C20H21NO5. The standard InChI is InChI=1S/C20H21NO5/c1-21-5-4-10-6-15-19(26-9-25-15)17-11-8-14(23-2)20(24-3)18(22)12(11)7-13(21)16(10)17/h6,8,13,22H,4-5,7,9H2,1-3H3/t13-/m0/s1. The van der Waals surface area contributed by atoms with E-state index in [1.807, 2.05) is 6.07 Å². The highest BCUT2D eigenvalue weighted by molar-refractivity contribution is 5.87. The summed E-state index contributed by atoms with van der Waals surface area (Å²) in [6.07, 6.45) is 1.69. The number of fused-ring (bicyclic) bond motifs is 4. The van der Waals surface area contributed by atoms with Gasteiger partial charge in [0.25, 0.3) is 0 Å². The molecule has 1 N–H and O–H groups in total. The number of aromatic hydroxyl groups is 1. The first kappa shape index (κ1) is 15.6. The highest BCUT2D eigenvalue weighted by atomic mass is 16.7. The molecule has 0 fully saturated rings. The molecule has 3 aliphatic rings. The lowest BCUT2D eigenvalue weighted by molar-refractivity contribution is 0.174. The van der Waals surface area contributed by atoms with Gasteiger partial charge in [-0.2, -0.15) is 0 Å². The van der Waals surface area contributed by atoms with Gasteiger partial charge in [0, 0.05) is 23.7 Å². The summed E-state index contributed by atoms with van der Waals surface area (Å²) in [6.45, 7) is 1.19. The number of hydrogen-bond donors (Lipinski definition) is 1. The summed E-state index contributed by atoms with van der Waals surface area (Å²) in [7, 11) is 5.25. The number of phenolic OH excluding ortho intramolecular Hbond substituents is 1. The van der Waals surface area contributed by atoms with E-state index < -0.39 is 0 Å². The predicted molar refractivity (Wildman–Crippen MR) is 95.5 cm³/mol. The molecule has 1 aliphatic carbocycles. The monoisotopic (exact) mass is 355 g/mol. The van der Waals surface area contributed by atoms with Gasteiger partial charge in [0.2, 0.25) is 12.5 Å². The highest BCUT2D eigenvalue weighted by Gasteiger charge is 2.39. The zero-order chi connectivity index (χ0) is 18.0. The Labute approximate surface area is 151 Å². The first-order valence-corrected chi connectivity index (χ1v) is 8.76. The maximum atomic E-state index is 10.9. The van der Waals surface area contributed by atoms with Gasteiger partial charge in [0.15, 0.2) is 23.0 Å². The molecule has 2 aromatic rings. The fourth-order valence-corrected chi connectivity index (χ4v) is 4.53. The van der Waals surface area contributed by atoms with Crippen molar-refractivity contribution in [3.63, 3.8) is 0 Å². The number of phenols is 1. The van der Waals surface area contributed by atoms with E-state index >= 15 is 0 Å². The van der Waals surface area contributed by atoms with Gasteiger partial charge >= 0.3 is 0 Å². The third kappa shape index (κ3) is 1.90. The molecule has 0 spiro atoms. The minimum absolute atomic E-state index is 0.143. The Morgan fingerprint density at radius 1 is 1.19 bits per heavy atom. The number of methoxy groups -OCH3 is 2. The van der Waals surface area contributed by atoms with Crippen molar-refractivity contribution in [3.05, 3.63) is 28.8 Å². The van der Waals surface area contributed by atoms with Gasteiger partial charge in [0.05, 0.1) is 14.2 Å². The summed E-state index contributed by atoms with van der Waals surface area (Å²) in [6, 6.07) is 4.25. The predicted octanol–water partition coefficient (Wildman–Crippen LogP) is 2.89. The SMILES string of the molecule is COc1cc2c(c(O)c1OC)C[C@H]1c3c(cc4c(c3-2)OCO4)CCN1C. The summed E-state index contributed by atoms with van der Waals surface area (Å²) in [5, 5.41) is 10.9. The number of benzene rings is 2. The molecule has 0 saturated heterocycles. The van der Waals surface area contributed by atoms with Gasteiger partial charge in [-0.3, -0.25) is 4.90 Å². The van der Waals surface area contributed by atoms with Crippen LogP contribution in [0.25, 0.3) is 11.1 Å². The first-order chi connectivity index (χ1) is 12.6. The van der Waals surface area contributed by atoms with Crippen molar-refractivity contribution in [2.45, 2.75) is 18.9 Å². The van der Waals surface area contributed by atoms with Crippen LogP contribution in [0.3, 0.4) is 0 Å². The maximum Gasteiger partial charge on any atom is 0.231 e. The number of rotatable bonds is 2. The Kier molecular flexibility index (Phi) is 3.28. The van der Waals surface area contributed by atoms with Crippen LogP contribution in [-0.4, -0.2) is 44.6 Å². The first-order valence-electron chi connectivity index (χ1n) is 8.76. The summed E-state index contributed by atoms with van der Waals surface area (Å²) in [5.74, 6) is 2.57. The van der Waals surface area contributed by atoms with Crippen LogP contribution in [0.4, 0.5) is 0 Å². The maximum absolute atomic E-state index is 10.9. The molecule has 2 aliphatic heterocycles. The second-order valence-corrected chi connectivity index (χ2v) is 7.00. The fraction of sp³-hybridized carbons (Fsp3) is 0.400. The number of nitrogens with zero attached hydrogens (tertiary/aromatic N) is 1. The van der Waals surface area contributed by atoms with Gasteiger partial charge in [0.1, 0.15) is 0 Å². The van der Waals surface area contributed by atoms with E-state index in [0.29, 0.717) is 11.5 Å². The molecule has 6 heteroatoms. The molecule has 0 unspecified atom stereocenters. The van der Waals surface area contributed by atoms with Crippen LogP contribution in [0.1, 0.15) is 22.7 Å². The van der Waals surface area contributed by atoms with E-state index in [-0.39, 0.29) is 18.6 Å². The molecule has 0 amide bonds. The summed E-state index contributed by atoms with van der Waals surface area (Å²) < 4.78 is 22.4. The molecular weight excluding hydrogens is 334 g/mol. The van der Waals surface area contributed by atoms with Crippen molar-refractivity contribution in [1.29, 1.82) is 0 Å². The van der Waals surface area contributed by atoms with Crippen LogP contribution < -0.4 is 18.9 Å². The van der Waals surface area contributed by atoms with Gasteiger partial charge in [-0.25, -0.2) is 0 Å². The van der Waals surface area contributed by atoms with Crippen molar-refractivity contribution in [1.82, 2.24) is 4.90 Å². The highest BCUT2D eigenvalue weighted by Crippen LogP contribution is 2.57. The molecule has 0 aromatic heterocycles. The normalized spacial score (nSPS) is 19.7. The molecule has 1 atom stereocenters. The largest absolute Gasteiger partial charge is 0.504 e. The Bertz CT molecular complexity index is 923. The van der Waals surface area contributed by atoms with Gasteiger partial charge < -0.3 is 24.1 Å². The van der Waals surface area contributed by atoms with Crippen LogP contribution >= 0.6 is 0 Å². The smallest absolute Gasteiger partial charge is 0.231 e. The van der Waals surface area contributed by atoms with Crippen molar-refractivity contribution in [2.75, 3.05) is 34.6 Å². The third-order valence-corrected chi connectivity index (χ3v) is 5.80. The number of ether oxygens (including phenoxy) is 4. The van der Waals surface area contributed by atoms with Crippen LogP contribution in [0.5, 0.6) is 28.7 Å². The number of hydrogen-bond acceptors (Lipinski definition) is 6. The van der Waals surface area contributed by atoms with E-state index in [1.54, 1.807) is 14.2 Å². The molecule has 6 nitrogen and oxygen atoms in total. The fourth-order valence-electron chi connectivity index (χ4n) is 4.53. The summed E-state index contributed by atoms with van der Waals surface area (Å²) in [5.41, 5.74) is 5.40. The molecule has 26 heavy (non-hydrogen) atoms. The molecule has 2 heterocycles. The summed E-state index contributed by atoms with van der Waals surface area (Å²) in [4.78, 5) is 2.34. The van der Waals surface area contributed by atoms with Gasteiger partial charge in [-0.05, 0) is 48.7 Å². The van der Waals surface area contributed by atoms with E-state index in [4.69, 9.17) is 18.9 Å². The number of likely N-dealkylation sites (N-methyl/N-ethyl adjacent to an activating group) is 1. The van der Waals surface area contributed by atoms with Crippen molar-refractivity contribution in [2.24, 2.45) is 0 Å². The van der Waals surface area contributed by atoms with E-state index in [1.165, 1.54) is 11.1 Å². The lowest BCUT2D eigenvalue weighted by Gasteiger charge is -2.40. The average Bonchev–Trinajstić information content (AvgIpc) is 3.12. The van der Waals surface area contributed by atoms with Crippen LogP contribution in [0.2, 0.25) is 0 Å². The van der Waals surface area contributed by atoms with Gasteiger partial charge in [-0.15, -0.1) is 0 Å². The molecule has 0 saturated carbocycles. The zero-order valence-electron chi connectivity index (χ0n) is 15.1. The molecule has 5 rings (SSSR count). The second kappa shape index (κ2) is 5.45. The topological polar surface area (TPSA) is 60.4 Å². The minimum atomic E-state index is 0.143.